The van der Waals surface area contributed by atoms with Crippen LogP contribution in [0.5, 0.6) is 0 Å². The molecule has 11 heteroatoms. The number of carbonyl (C=O) groups is 4. The Morgan fingerprint density at radius 1 is 0.930 bits per heavy atom. The van der Waals surface area contributed by atoms with Crippen LogP contribution in [0.2, 0.25) is 0 Å². The summed E-state index contributed by atoms with van der Waals surface area (Å²) in [5.41, 5.74) is 3.40. The minimum atomic E-state index is -0.354. The third kappa shape index (κ3) is 17.8. The molecule has 1 aliphatic rings. The maximum Gasteiger partial charge on any atom is 1.00 e. The predicted molar refractivity (Wildman–Crippen MR) is 162 cm³/mol. The van der Waals surface area contributed by atoms with Crippen LogP contribution in [-0.2, 0) is 20.9 Å². The van der Waals surface area contributed by atoms with Gasteiger partial charge in [0, 0.05) is 42.8 Å². The second-order valence-electron chi connectivity index (χ2n) is 10.5. The monoisotopic (exact) mass is 738 g/mol. The van der Waals surface area contributed by atoms with Crippen LogP contribution < -0.4 is 127 Å². The van der Waals surface area contributed by atoms with Crippen LogP contribution in [-0.4, -0.2) is 56.9 Å². The minimum absolute atomic E-state index is 0. The molecule has 0 aliphatic heterocycles. The first-order chi connectivity index (χ1) is 19.9. The fraction of sp³-hybridized carbons (Fsp3) is 0.625. The number of ether oxygens (including phenoxy) is 1. The normalized spacial score (nSPS) is 13.2. The van der Waals surface area contributed by atoms with Gasteiger partial charge in [-0.1, -0.05) is 69.5 Å². The van der Waals surface area contributed by atoms with E-state index in [1.165, 1.54) is 0 Å². The molecule has 43 heavy (non-hydrogen) atoms. The van der Waals surface area contributed by atoms with Crippen LogP contribution in [0.15, 0.2) is 35.5 Å². The summed E-state index contributed by atoms with van der Waals surface area (Å²) in [4.78, 5) is 48.7. The molecule has 228 valence electrons. The van der Waals surface area contributed by atoms with Crippen molar-refractivity contribution in [2.75, 3.05) is 33.4 Å². The van der Waals surface area contributed by atoms with Crippen LogP contribution in [0.25, 0.3) is 10.6 Å². The van der Waals surface area contributed by atoms with Crippen molar-refractivity contribution in [1.29, 1.82) is 0 Å². The molecule has 0 aromatic heterocycles. The van der Waals surface area contributed by atoms with Gasteiger partial charge in [-0.2, -0.15) is 0 Å². The van der Waals surface area contributed by atoms with Gasteiger partial charge in [0.25, 0.3) is 0 Å². The molecule has 0 heterocycles. The van der Waals surface area contributed by atoms with Gasteiger partial charge in [-0.25, -0.2) is 0 Å². The number of rotatable bonds is 20. The van der Waals surface area contributed by atoms with Gasteiger partial charge in [0.15, 0.2) is 11.8 Å². The summed E-state index contributed by atoms with van der Waals surface area (Å²) >= 11 is 0. The Kier molecular flexibility index (Phi) is 26.7. The Morgan fingerprint density at radius 2 is 1.65 bits per heavy atom. The van der Waals surface area contributed by atoms with Crippen molar-refractivity contribution in [3.8, 4) is 0 Å². The fourth-order valence-corrected chi connectivity index (χ4v) is 4.97. The zero-order valence-electron chi connectivity index (χ0n) is 27.1. The number of hydrogen-bond donors (Lipinski definition) is 2. The Morgan fingerprint density at radius 3 is 2.33 bits per heavy atom. The first kappa shape index (κ1) is 43.4. The summed E-state index contributed by atoms with van der Waals surface area (Å²) in [6.07, 6.45) is 9.50. The Bertz CT molecular complexity index is 1020. The van der Waals surface area contributed by atoms with Crippen LogP contribution in [0.3, 0.4) is 0 Å². The maximum atomic E-state index is 12.9. The number of nitrogens with one attached hydrogen (secondary N) is 2. The second-order valence-corrected chi connectivity index (χ2v) is 10.5. The van der Waals surface area contributed by atoms with Crippen LogP contribution in [0.1, 0.15) is 100 Å². The fourth-order valence-electron chi connectivity index (χ4n) is 4.97. The molecule has 2 rings (SSSR count). The molecule has 1 unspecified atom stereocenters. The molecule has 1 aromatic rings. The number of hydrogen-bond acceptors (Lipinski definition) is 6. The van der Waals surface area contributed by atoms with Crippen molar-refractivity contribution in [3.63, 3.8) is 0 Å². The van der Waals surface area contributed by atoms with Gasteiger partial charge >= 0.3 is 116 Å². The van der Waals surface area contributed by atoms with Crippen molar-refractivity contribution in [1.82, 2.24) is 10.6 Å². The number of Topliss-reactive ketones (excluding diaryl/α,β-unsaturated/α-hetero) is 2. The molecule has 1 atom stereocenters. The Labute approximate surface area is 356 Å². The number of nitrogens with zero attached hydrogens (tertiary/aromatic N) is 2. The zero-order valence-corrected chi connectivity index (χ0v) is 37.0. The molecular weight excluding hydrogens is 691 g/mol. The molecule has 0 bridgehead atoms. The molecule has 9 nitrogen and oxygen atoms in total. The molecule has 3 amide bonds. The van der Waals surface area contributed by atoms with E-state index in [1.807, 2.05) is 26.1 Å². The molecule has 1 aliphatic carbocycles. The molecule has 0 fully saturated rings. The van der Waals surface area contributed by atoms with E-state index in [4.69, 9.17) is 4.74 Å². The summed E-state index contributed by atoms with van der Waals surface area (Å²) in [6.45, 7) is 5.28. The van der Waals surface area contributed by atoms with E-state index in [9.17, 15) is 19.2 Å². The summed E-state index contributed by atoms with van der Waals surface area (Å²) in [5.74, 6) is 0.180. The average molecular weight is 740 g/mol. The SMILES string of the molecule is CCCC(CCCCNC(=O)[N-]CCCOCC(=O)[N-]Cc1ccc(C(=O)C2=C(NC)CCCC2)cc1)C(=O)CC.[Rb+].[Rb+]. The van der Waals surface area contributed by atoms with Gasteiger partial charge in [-0.3, -0.25) is 14.4 Å². The standard InChI is InChI=1S/C32H50N4O5.2Rb/c1-4-11-25(29(37)5-2)12-8-9-19-34-32(40)35-20-10-21-41-23-30(38)36-22-24-15-17-26(18-16-24)31(39)27-13-6-7-14-28(27)33-3;;/h15-18,25H,4-14,19-23H2,1-3H3,(H4,33,34,35,36,38,39,40);;/q;2*+1/p-2. The van der Waals surface area contributed by atoms with Crippen molar-refractivity contribution < 1.29 is 140 Å². The van der Waals surface area contributed by atoms with Gasteiger partial charge in [0.2, 0.25) is 0 Å². The van der Waals surface area contributed by atoms with Crippen LogP contribution >= 0.6 is 0 Å². The summed E-state index contributed by atoms with van der Waals surface area (Å²) in [7, 11) is 1.86. The Hall–Kier alpha value is 0.410. The van der Waals surface area contributed by atoms with Gasteiger partial charge in [-0.15, -0.1) is 6.54 Å². The number of unbranched alkanes of at least 4 members (excludes halogenated alkanes) is 1. The van der Waals surface area contributed by atoms with E-state index < -0.39 is 0 Å². The van der Waals surface area contributed by atoms with Crippen LogP contribution in [0.4, 0.5) is 4.79 Å². The van der Waals surface area contributed by atoms with E-state index >= 15 is 0 Å². The van der Waals surface area contributed by atoms with Gasteiger partial charge in [0.05, 0.1) is 12.5 Å². The molecule has 1 aromatic carbocycles. The molecule has 0 saturated heterocycles. The molecule has 0 radical (unpaired) electrons. The van der Waals surface area contributed by atoms with Gasteiger partial charge in [-0.05, 0) is 51.5 Å². The topological polar surface area (TPSA) is 130 Å². The third-order valence-corrected chi connectivity index (χ3v) is 7.32. The maximum absolute atomic E-state index is 12.9. The zero-order chi connectivity index (χ0) is 29.9. The summed E-state index contributed by atoms with van der Waals surface area (Å²) in [6, 6.07) is 6.90. The third-order valence-electron chi connectivity index (χ3n) is 7.32. The number of amides is 3. The van der Waals surface area contributed by atoms with Crippen molar-refractivity contribution in [3.05, 3.63) is 57.3 Å². The smallest absolute Gasteiger partial charge is 0.648 e. The van der Waals surface area contributed by atoms with E-state index in [-0.39, 0.29) is 153 Å². The Balaban J connectivity index is 0.00000882. The predicted octanol–water partition coefficient (Wildman–Crippen LogP) is 0.381. The first-order valence-corrected chi connectivity index (χ1v) is 15.2. The van der Waals surface area contributed by atoms with E-state index in [0.717, 1.165) is 74.6 Å². The number of ketones is 2. The molecule has 0 spiro atoms. The van der Waals surface area contributed by atoms with Crippen molar-refractivity contribution in [2.45, 2.75) is 91.0 Å². The number of carbonyl (C=O) groups excluding carboxylic acids is 4. The van der Waals surface area contributed by atoms with E-state index in [1.54, 1.807) is 12.1 Å². The first-order valence-electron chi connectivity index (χ1n) is 15.2. The quantitative estimate of drug-likeness (QED) is 0.147. The van der Waals surface area contributed by atoms with Gasteiger partial charge in [0.1, 0.15) is 5.78 Å². The molecular formula is C32H48N4O5Rb2. The van der Waals surface area contributed by atoms with Crippen molar-refractivity contribution in [2.24, 2.45) is 5.92 Å². The van der Waals surface area contributed by atoms with Crippen molar-refractivity contribution >= 4 is 23.5 Å². The number of allylic oxidation sites excluding steroid dienone is 2. The minimum Gasteiger partial charge on any atom is -0.648 e. The summed E-state index contributed by atoms with van der Waals surface area (Å²) in [5, 5.41) is 13.9. The molecule has 2 N–H and O–H groups in total. The molecule has 0 saturated carbocycles. The second kappa shape index (κ2) is 26.5. The number of urea groups is 1. The van der Waals surface area contributed by atoms with E-state index in [0.29, 0.717) is 43.9 Å². The number of benzene rings is 1. The van der Waals surface area contributed by atoms with E-state index in [2.05, 4.69) is 28.2 Å². The summed E-state index contributed by atoms with van der Waals surface area (Å²) < 4.78 is 5.37. The largest absolute Gasteiger partial charge is 1.00 e. The van der Waals surface area contributed by atoms with Crippen LogP contribution in [0, 0.1) is 5.92 Å². The average Bonchev–Trinajstić information content (AvgIpc) is 3.00. The van der Waals surface area contributed by atoms with Gasteiger partial charge < -0.3 is 30.8 Å².